The Hall–Kier alpha value is -0.600. The van der Waals surface area contributed by atoms with Gasteiger partial charge in [-0.3, -0.25) is 5.26 Å². The predicted octanol–water partition coefficient (Wildman–Crippen LogP) is 4.19. The summed E-state index contributed by atoms with van der Waals surface area (Å²) in [7, 11) is 0. The number of fused-ring (bicyclic) bond motifs is 1. The Morgan fingerprint density at radius 2 is 2.18 bits per heavy atom. The molecule has 1 saturated carbocycles. The molecule has 0 aliphatic heterocycles. The Balaban J connectivity index is 2.22. The fourth-order valence-electron chi connectivity index (χ4n) is 3.55. The first-order valence-corrected chi connectivity index (χ1v) is 6.76. The van der Waals surface area contributed by atoms with Crippen LogP contribution < -0.4 is 0 Å². The number of allylic oxidation sites excluding steroid dienone is 2. The van der Waals surface area contributed by atoms with Gasteiger partial charge >= 0.3 is 0 Å². The molecule has 1 N–H and O–H groups in total. The highest BCUT2D eigenvalue weighted by Crippen LogP contribution is 2.46. The van der Waals surface area contributed by atoms with Crippen molar-refractivity contribution in [2.45, 2.75) is 46.0 Å². The van der Waals surface area contributed by atoms with E-state index in [2.05, 4.69) is 25.3 Å². The summed E-state index contributed by atoms with van der Waals surface area (Å²) in [6.07, 6.45) is 5.98. The molecule has 17 heavy (non-hydrogen) atoms. The van der Waals surface area contributed by atoms with Crippen LogP contribution in [0, 0.1) is 17.8 Å². The average molecular weight is 236 g/mol. The van der Waals surface area contributed by atoms with Crippen LogP contribution in [-0.4, -0.2) is 11.9 Å². The first-order valence-electron chi connectivity index (χ1n) is 6.76. The van der Waals surface area contributed by atoms with Crippen LogP contribution in [0.5, 0.6) is 0 Å². The van der Waals surface area contributed by atoms with Gasteiger partial charge in [0.25, 0.3) is 0 Å². The second-order valence-electron chi connectivity index (χ2n) is 5.84. The highest BCUT2D eigenvalue weighted by molar-refractivity contribution is 5.25. The van der Waals surface area contributed by atoms with Gasteiger partial charge in [-0.25, -0.2) is 4.89 Å². The second-order valence-corrected chi connectivity index (χ2v) is 5.84. The van der Waals surface area contributed by atoms with Crippen LogP contribution in [0.25, 0.3) is 0 Å². The largest absolute Gasteiger partial charge is 0.251 e. The Morgan fingerprint density at radius 1 is 1.41 bits per heavy atom. The van der Waals surface area contributed by atoms with Gasteiger partial charge in [0, 0.05) is 0 Å². The summed E-state index contributed by atoms with van der Waals surface area (Å²) in [5.41, 5.74) is 4.25. The summed E-state index contributed by atoms with van der Waals surface area (Å²) in [5, 5.41) is 8.72. The standard InChI is InChI=1S/C15H24O2/c1-10(2)12-5-6-13(9-17-16)14-7-4-11(3)15(14)8-12/h11-12,15-16H,1,4-9H2,2-3H3. The molecular weight excluding hydrogens is 212 g/mol. The molecule has 2 nitrogen and oxygen atoms in total. The van der Waals surface area contributed by atoms with Gasteiger partial charge in [0.15, 0.2) is 0 Å². The molecule has 2 rings (SSSR count). The second kappa shape index (κ2) is 5.36. The molecule has 2 aliphatic rings. The van der Waals surface area contributed by atoms with E-state index in [0.717, 1.165) is 12.3 Å². The summed E-state index contributed by atoms with van der Waals surface area (Å²) < 4.78 is 0. The van der Waals surface area contributed by atoms with Crippen molar-refractivity contribution >= 4 is 0 Å². The topological polar surface area (TPSA) is 29.5 Å². The molecule has 0 saturated heterocycles. The van der Waals surface area contributed by atoms with Crippen LogP contribution in [0.4, 0.5) is 0 Å². The molecule has 0 aromatic heterocycles. The number of hydrogen-bond donors (Lipinski definition) is 1. The van der Waals surface area contributed by atoms with E-state index in [4.69, 9.17) is 5.26 Å². The first kappa shape index (κ1) is 12.8. The zero-order chi connectivity index (χ0) is 12.4. The Morgan fingerprint density at radius 3 is 2.82 bits per heavy atom. The van der Waals surface area contributed by atoms with Crippen molar-refractivity contribution in [2.24, 2.45) is 17.8 Å². The monoisotopic (exact) mass is 236 g/mol. The van der Waals surface area contributed by atoms with Gasteiger partial charge in [-0.1, -0.05) is 24.6 Å². The smallest absolute Gasteiger partial charge is 0.103 e. The van der Waals surface area contributed by atoms with Gasteiger partial charge in [0.05, 0.1) is 0 Å². The van der Waals surface area contributed by atoms with Crippen LogP contribution >= 0.6 is 0 Å². The van der Waals surface area contributed by atoms with Crippen LogP contribution in [0.3, 0.4) is 0 Å². The maximum absolute atomic E-state index is 8.72. The van der Waals surface area contributed by atoms with Crippen LogP contribution in [0.1, 0.15) is 46.0 Å². The Bertz CT molecular complexity index is 330. The van der Waals surface area contributed by atoms with E-state index in [1.54, 1.807) is 5.57 Å². The van der Waals surface area contributed by atoms with Gasteiger partial charge in [-0.15, -0.1) is 0 Å². The summed E-state index contributed by atoms with van der Waals surface area (Å²) >= 11 is 0. The number of hydrogen-bond acceptors (Lipinski definition) is 2. The third-order valence-electron chi connectivity index (χ3n) is 4.73. The van der Waals surface area contributed by atoms with E-state index in [1.807, 2.05) is 0 Å². The zero-order valence-electron chi connectivity index (χ0n) is 11.0. The lowest BCUT2D eigenvalue weighted by Crippen LogP contribution is -2.12. The minimum Gasteiger partial charge on any atom is -0.251 e. The fraction of sp³-hybridized carbons (Fsp3) is 0.733. The molecule has 0 radical (unpaired) electrons. The fourth-order valence-corrected chi connectivity index (χ4v) is 3.55. The van der Waals surface area contributed by atoms with Crippen LogP contribution in [0.15, 0.2) is 23.3 Å². The molecule has 0 amide bonds. The van der Waals surface area contributed by atoms with Crippen molar-refractivity contribution in [1.82, 2.24) is 0 Å². The molecule has 1 fully saturated rings. The van der Waals surface area contributed by atoms with E-state index in [-0.39, 0.29) is 0 Å². The molecule has 96 valence electrons. The molecule has 0 heterocycles. The molecule has 2 aliphatic carbocycles. The van der Waals surface area contributed by atoms with Crippen molar-refractivity contribution in [2.75, 3.05) is 6.61 Å². The minimum atomic E-state index is 0.404. The normalized spacial score (nSPS) is 33.5. The minimum absolute atomic E-state index is 0.404. The van der Waals surface area contributed by atoms with Crippen molar-refractivity contribution in [3.05, 3.63) is 23.3 Å². The van der Waals surface area contributed by atoms with Gasteiger partial charge < -0.3 is 0 Å². The maximum Gasteiger partial charge on any atom is 0.103 e. The van der Waals surface area contributed by atoms with E-state index >= 15 is 0 Å². The summed E-state index contributed by atoms with van der Waals surface area (Å²) in [5.74, 6) is 2.12. The Labute approximate surface area is 104 Å². The van der Waals surface area contributed by atoms with Crippen LogP contribution in [-0.2, 0) is 4.89 Å². The SMILES string of the molecule is C=C(C)C1CCC(COO)=C2CCC(C)C2C1. The first-order chi connectivity index (χ1) is 8.13. The highest BCUT2D eigenvalue weighted by atomic mass is 17.1. The molecule has 3 atom stereocenters. The highest BCUT2D eigenvalue weighted by Gasteiger charge is 2.34. The van der Waals surface area contributed by atoms with Gasteiger partial charge in [0.2, 0.25) is 0 Å². The third-order valence-corrected chi connectivity index (χ3v) is 4.73. The van der Waals surface area contributed by atoms with Crippen molar-refractivity contribution in [1.29, 1.82) is 0 Å². The lowest BCUT2D eigenvalue weighted by atomic mass is 9.83. The van der Waals surface area contributed by atoms with Crippen LogP contribution in [0.2, 0.25) is 0 Å². The van der Waals surface area contributed by atoms with Crippen molar-refractivity contribution in [3.8, 4) is 0 Å². The van der Waals surface area contributed by atoms with Gasteiger partial charge in [-0.2, -0.15) is 0 Å². The number of rotatable bonds is 3. The molecular formula is C15H24O2. The molecule has 0 bridgehead atoms. The maximum atomic E-state index is 8.72. The average Bonchev–Trinajstić information content (AvgIpc) is 2.54. The summed E-state index contributed by atoms with van der Waals surface area (Å²) in [6, 6.07) is 0. The van der Waals surface area contributed by atoms with Gasteiger partial charge in [0.1, 0.15) is 6.61 Å². The third kappa shape index (κ3) is 2.63. The van der Waals surface area contributed by atoms with E-state index in [1.165, 1.54) is 36.8 Å². The summed E-state index contributed by atoms with van der Waals surface area (Å²) in [4.78, 5) is 4.40. The molecule has 0 aromatic rings. The zero-order valence-corrected chi connectivity index (χ0v) is 11.0. The van der Waals surface area contributed by atoms with E-state index in [0.29, 0.717) is 18.4 Å². The van der Waals surface area contributed by atoms with Crippen molar-refractivity contribution in [3.63, 3.8) is 0 Å². The van der Waals surface area contributed by atoms with E-state index < -0.39 is 0 Å². The predicted molar refractivity (Wildman–Crippen MR) is 69.6 cm³/mol. The molecule has 0 spiro atoms. The Kier molecular flexibility index (Phi) is 4.05. The van der Waals surface area contributed by atoms with E-state index in [9.17, 15) is 0 Å². The molecule has 2 heteroatoms. The summed E-state index contributed by atoms with van der Waals surface area (Å²) in [6.45, 7) is 9.04. The van der Waals surface area contributed by atoms with Crippen molar-refractivity contribution < 1.29 is 10.1 Å². The molecule has 3 unspecified atom stereocenters. The lowest BCUT2D eigenvalue weighted by Gasteiger charge is -2.22. The van der Waals surface area contributed by atoms with Gasteiger partial charge in [-0.05, 0) is 62.4 Å². The quantitative estimate of drug-likeness (QED) is 0.452. The molecule has 0 aromatic carbocycles. The lowest BCUT2D eigenvalue weighted by molar-refractivity contribution is -0.234.